The van der Waals surface area contributed by atoms with Crippen molar-refractivity contribution < 1.29 is 4.52 Å². The number of nitrogens with zero attached hydrogens (tertiary/aromatic N) is 3. The van der Waals surface area contributed by atoms with E-state index in [1.165, 1.54) is 10.5 Å². The molecule has 0 aliphatic carbocycles. The van der Waals surface area contributed by atoms with Crippen LogP contribution in [0.25, 0.3) is 17.0 Å². The standard InChI is InChI=1S/C26H30N4OS2/c1-5-7-16-30-17(3)22(23(27-26(30)32)19-10-8-18(6-2)9-11-19)25-28-24(29-31-25)20-12-14-21(33-4)15-13-20/h8-15,23H,5-7,16H2,1-4H3,(H,27,32). The van der Waals surface area contributed by atoms with Crippen LogP contribution in [0.5, 0.6) is 0 Å². The molecule has 1 aliphatic rings. The number of rotatable bonds is 8. The first-order valence-corrected chi connectivity index (χ1v) is 13.0. The zero-order valence-corrected chi connectivity index (χ0v) is 21.2. The molecular formula is C26H30N4OS2. The minimum Gasteiger partial charge on any atom is -0.351 e. The van der Waals surface area contributed by atoms with E-state index in [0.29, 0.717) is 11.7 Å². The molecule has 0 radical (unpaired) electrons. The quantitative estimate of drug-likeness (QED) is 0.293. The first-order chi connectivity index (χ1) is 16.0. The molecule has 1 aliphatic heterocycles. The maximum absolute atomic E-state index is 5.84. The number of hydrogen-bond donors (Lipinski definition) is 1. The summed E-state index contributed by atoms with van der Waals surface area (Å²) in [6, 6.07) is 16.7. The maximum atomic E-state index is 5.84. The summed E-state index contributed by atoms with van der Waals surface area (Å²) >= 11 is 7.47. The zero-order valence-electron chi connectivity index (χ0n) is 19.6. The Labute approximate surface area is 205 Å². The van der Waals surface area contributed by atoms with E-state index in [1.807, 2.05) is 12.1 Å². The lowest BCUT2D eigenvalue weighted by Crippen LogP contribution is -2.46. The van der Waals surface area contributed by atoms with Crippen molar-refractivity contribution in [2.75, 3.05) is 12.8 Å². The molecule has 0 bridgehead atoms. The molecule has 0 saturated heterocycles. The highest BCUT2D eigenvalue weighted by atomic mass is 32.2. The van der Waals surface area contributed by atoms with Crippen molar-refractivity contribution in [3.63, 3.8) is 0 Å². The fourth-order valence-corrected chi connectivity index (χ4v) is 4.78. The number of nitrogens with one attached hydrogen (secondary N) is 1. The third-order valence-electron chi connectivity index (χ3n) is 6.06. The number of aromatic nitrogens is 2. The minimum absolute atomic E-state index is 0.145. The largest absolute Gasteiger partial charge is 0.351 e. The Balaban J connectivity index is 1.76. The van der Waals surface area contributed by atoms with E-state index in [4.69, 9.17) is 21.7 Å². The molecule has 0 saturated carbocycles. The number of benzene rings is 2. The van der Waals surface area contributed by atoms with Gasteiger partial charge in [0.2, 0.25) is 5.82 Å². The van der Waals surface area contributed by atoms with Crippen molar-refractivity contribution in [2.45, 2.75) is 51.0 Å². The highest BCUT2D eigenvalue weighted by Gasteiger charge is 2.33. The molecular weight excluding hydrogens is 448 g/mol. The monoisotopic (exact) mass is 478 g/mol. The lowest BCUT2D eigenvalue weighted by atomic mass is 9.93. The van der Waals surface area contributed by atoms with Crippen LogP contribution in [0.1, 0.15) is 56.7 Å². The van der Waals surface area contributed by atoms with Crippen molar-refractivity contribution in [1.29, 1.82) is 0 Å². The van der Waals surface area contributed by atoms with Crippen molar-refractivity contribution in [3.05, 3.63) is 71.2 Å². The van der Waals surface area contributed by atoms with Crippen molar-refractivity contribution >= 4 is 34.7 Å². The smallest absolute Gasteiger partial charge is 0.258 e. The van der Waals surface area contributed by atoms with Crippen LogP contribution < -0.4 is 5.32 Å². The summed E-state index contributed by atoms with van der Waals surface area (Å²) in [5.74, 6) is 1.11. The topological polar surface area (TPSA) is 54.2 Å². The first-order valence-electron chi connectivity index (χ1n) is 11.4. The lowest BCUT2D eigenvalue weighted by molar-refractivity contribution is 0.395. The molecule has 1 atom stereocenters. The molecule has 2 heterocycles. The van der Waals surface area contributed by atoms with Crippen LogP contribution in [0, 0.1) is 0 Å². The van der Waals surface area contributed by atoms with E-state index < -0.39 is 0 Å². The molecule has 172 valence electrons. The third kappa shape index (κ3) is 4.99. The van der Waals surface area contributed by atoms with Crippen LogP contribution >= 0.6 is 24.0 Å². The minimum atomic E-state index is -0.145. The normalized spacial score (nSPS) is 16.3. The van der Waals surface area contributed by atoms with Gasteiger partial charge in [0.15, 0.2) is 5.11 Å². The Morgan fingerprint density at radius 1 is 1.09 bits per heavy atom. The van der Waals surface area contributed by atoms with E-state index in [0.717, 1.165) is 53.3 Å². The fraction of sp³-hybridized carbons (Fsp3) is 0.346. The summed E-state index contributed by atoms with van der Waals surface area (Å²) in [5.41, 5.74) is 5.40. The second-order valence-corrected chi connectivity index (χ2v) is 9.40. The van der Waals surface area contributed by atoms with Crippen molar-refractivity contribution in [3.8, 4) is 11.4 Å². The molecule has 0 amide bonds. The van der Waals surface area contributed by atoms with Crippen LogP contribution in [0.2, 0.25) is 0 Å². The summed E-state index contributed by atoms with van der Waals surface area (Å²) in [7, 11) is 0. The van der Waals surface area contributed by atoms with Gasteiger partial charge in [-0.1, -0.05) is 49.7 Å². The molecule has 0 fully saturated rings. The van der Waals surface area contributed by atoms with E-state index in [2.05, 4.69) is 78.8 Å². The molecule has 1 aromatic heterocycles. The fourth-order valence-electron chi connectivity index (χ4n) is 4.03. The number of aryl methyl sites for hydroxylation is 1. The Bertz CT molecular complexity index is 1140. The van der Waals surface area contributed by atoms with Gasteiger partial charge in [-0.25, -0.2) is 0 Å². The van der Waals surface area contributed by atoms with Gasteiger partial charge in [0.25, 0.3) is 5.89 Å². The predicted octanol–water partition coefficient (Wildman–Crippen LogP) is 6.48. The van der Waals surface area contributed by atoms with Gasteiger partial charge < -0.3 is 14.7 Å². The average Bonchev–Trinajstić information content (AvgIpc) is 3.33. The van der Waals surface area contributed by atoms with Crippen LogP contribution in [0.4, 0.5) is 0 Å². The van der Waals surface area contributed by atoms with E-state index >= 15 is 0 Å². The van der Waals surface area contributed by atoms with Crippen LogP contribution in [-0.2, 0) is 6.42 Å². The van der Waals surface area contributed by atoms with Gasteiger partial charge in [-0.05, 0) is 73.6 Å². The van der Waals surface area contributed by atoms with Crippen LogP contribution in [-0.4, -0.2) is 33.0 Å². The summed E-state index contributed by atoms with van der Waals surface area (Å²) in [6.07, 6.45) is 5.22. The highest BCUT2D eigenvalue weighted by Crippen LogP contribution is 2.37. The predicted molar refractivity (Wildman–Crippen MR) is 140 cm³/mol. The van der Waals surface area contributed by atoms with Crippen LogP contribution in [0.3, 0.4) is 0 Å². The molecule has 2 aromatic carbocycles. The second kappa shape index (κ2) is 10.5. The summed E-state index contributed by atoms with van der Waals surface area (Å²) in [6.45, 7) is 7.31. The molecule has 0 spiro atoms. The van der Waals surface area contributed by atoms with E-state index in [9.17, 15) is 0 Å². The van der Waals surface area contributed by atoms with Gasteiger partial charge in [0.05, 0.1) is 11.6 Å². The lowest BCUT2D eigenvalue weighted by Gasteiger charge is -2.37. The number of allylic oxidation sites excluding steroid dienone is 1. The molecule has 5 nitrogen and oxygen atoms in total. The van der Waals surface area contributed by atoms with Gasteiger partial charge in [0.1, 0.15) is 0 Å². The number of hydrogen-bond acceptors (Lipinski definition) is 5. The number of thioether (sulfide) groups is 1. The SMILES string of the molecule is CCCCN1C(=S)NC(c2ccc(CC)cc2)C(c2nc(-c3ccc(SC)cc3)no2)=C1C. The maximum Gasteiger partial charge on any atom is 0.258 e. The summed E-state index contributed by atoms with van der Waals surface area (Å²) in [5, 5.41) is 8.59. The molecule has 7 heteroatoms. The van der Waals surface area contributed by atoms with Crippen molar-refractivity contribution in [2.24, 2.45) is 0 Å². The Hall–Kier alpha value is -2.64. The third-order valence-corrected chi connectivity index (χ3v) is 7.14. The Morgan fingerprint density at radius 3 is 2.45 bits per heavy atom. The van der Waals surface area contributed by atoms with E-state index in [-0.39, 0.29) is 6.04 Å². The summed E-state index contributed by atoms with van der Waals surface area (Å²) in [4.78, 5) is 8.16. The Morgan fingerprint density at radius 2 is 1.82 bits per heavy atom. The molecule has 1 unspecified atom stereocenters. The van der Waals surface area contributed by atoms with Crippen LogP contribution in [0.15, 0.2) is 63.6 Å². The average molecular weight is 479 g/mol. The number of thiocarbonyl (C=S) groups is 1. The van der Waals surface area contributed by atoms with Gasteiger partial charge in [0, 0.05) is 22.7 Å². The zero-order chi connectivity index (χ0) is 23.4. The van der Waals surface area contributed by atoms with Gasteiger partial charge in [-0.2, -0.15) is 4.98 Å². The van der Waals surface area contributed by atoms with Gasteiger partial charge in [-0.3, -0.25) is 0 Å². The molecule has 4 rings (SSSR count). The number of unbranched alkanes of at least 4 members (excludes halogenated alkanes) is 1. The second-order valence-electron chi connectivity index (χ2n) is 8.13. The van der Waals surface area contributed by atoms with Gasteiger partial charge in [-0.15, -0.1) is 11.8 Å². The molecule has 33 heavy (non-hydrogen) atoms. The molecule has 1 N–H and O–H groups in total. The van der Waals surface area contributed by atoms with Crippen molar-refractivity contribution in [1.82, 2.24) is 20.4 Å². The highest BCUT2D eigenvalue weighted by molar-refractivity contribution is 7.98. The molecule has 3 aromatic rings. The van der Waals surface area contributed by atoms with E-state index in [1.54, 1.807) is 11.8 Å². The Kier molecular flexibility index (Phi) is 7.50. The van der Waals surface area contributed by atoms with Gasteiger partial charge >= 0.3 is 0 Å². The summed E-state index contributed by atoms with van der Waals surface area (Å²) < 4.78 is 5.84. The first kappa shape index (κ1) is 23.5.